The number of carbonyl (C=O) groups is 1. The summed E-state index contributed by atoms with van der Waals surface area (Å²) in [5.74, 6) is 0.305. The standard InChI is InChI=1S/C27H21F3N6O2S/c28-27(29,30)21-6-2-5-19(14-21)25-31-24(33-38-25)18-4-1-3-17(13-18)16-35-9-11-36(12-10-35)26(37)20-7-8-23-22(15-20)32-34-39-23/h1-8,13-15H,9-12,16H2. The summed E-state index contributed by atoms with van der Waals surface area (Å²) < 4.78 is 49.4. The van der Waals surface area contributed by atoms with E-state index in [1.54, 1.807) is 6.07 Å². The lowest BCUT2D eigenvalue weighted by Crippen LogP contribution is -2.48. The van der Waals surface area contributed by atoms with E-state index >= 15 is 0 Å². The van der Waals surface area contributed by atoms with Gasteiger partial charge >= 0.3 is 6.18 Å². The first-order valence-electron chi connectivity index (χ1n) is 12.2. The Hall–Kier alpha value is -4.16. The van der Waals surface area contributed by atoms with Crippen LogP contribution in [0.4, 0.5) is 13.2 Å². The number of rotatable bonds is 5. The fourth-order valence-electron chi connectivity index (χ4n) is 4.56. The summed E-state index contributed by atoms with van der Waals surface area (Å²) in [4.78, 5) is 21.4. The van der Waals surface area contributed by atoms with E-state index in [-0.39, 0.29) is 17.4 Å². The highest BCUT2D eigenvalue weighted by Crippen LogP contribution is 2.32. The van der Waals surface area contributed by atoms with Crippen molar-refractivity contribution in [1.29, 1.82) is 0 Å². The molecule has 2 aromatic heterocycles. The summed E-state index contributed by atoms with van der Waals surface area (Å²) in [7, 11) is 0. The van der Waals surface area contributed by atoms with Crippen LogP contribution in [0.15, 0.2) is 71.3 Å². The number of carbonyl (C=O) groups excluding carboxylic acids is 1. The molecule has 1 saturated heterocycles. The Bertz CT molecular complexity index is 1640. The van der Waals surface area contributed by atoms with Crippen LogP contribution in [0.1, 0.15) is 21.5 Å². The predicted molar refractivity (Wildman–Crippen MR) is 139 cm³/mol. The molecule has 0 unspecified atom stereocenters. The Kier molecular flexibility index (Phi) is 6.57. The van der Waals surface area contributed by atoms with Gasteiger partial charge in [-0.1, -0.05) is 33.9 Å². The van der Waals surface area contributed by atoms with E-state index in [9.17, 15) is 18.0 Å². The molecule has 12 heteroatoms. The monoisotopic (exact) mass is 550 g/mol. The van der Waals surface area contributed by atoms with Gasteiger partial charge in [0, 0.05) is 49.4 Å². The van der Waals surface area contributed by atoms with Crippen molar-refractivity contribution in [3.63, 3.8) is 0 Å². The van der Waals surface area contributed by atoms with E-state index in [2.05, 4.69) is 24.6 Å². The lowest BCUT2D eigenvalue weighted by atomic mass is 10.1. The molecule has 198 valence electrons. The number of halogens is 3. The SMILES string of the molecule is O=C(c1ccc2snnc2c1)N1CCN(Cc2cccc(-c3noc(-c4cccc(C(F)(F)F)c4)n3)c2)CC1. The summed E-state index contributed by atoms with van der Waals surface area (Å²) in [5, 5.41) is 8.04. The fourth-order valence-corrected chi connectivity index (χ4v) is 5.10. The highest BCUT2D eigenvalue weighted by molar-refractivity contribution is 7.12. The number of hydrogen-bond donors (Lipinski definition) is 0. The molecule has 1 aliphatic heterocycles. The minimum absolute atomic E-state index is 0.0137. The summed E-state index contributed by atoms with van der Waals surface area (Å²) >= 11 is 1.30. The van der Waals surface area contributed by atoms with E-state index in [1.165, 1.54) is 23.7 Å². The van der Waals surface area contributed by atoms with Crippen LogP contribution in [0, 0.1) is 0 Å². The predicted octanol–water partition coefficient (Wildman–Crippen LogP) is 5.39. The van der Waals surface area contributed by atoms with Crippen LogP contribution in [0.3, 0.4) is 0 Å². The van der Waals surface area contributed by atoms with Gasteiger partial charge in [0.25, 0.3) is 11.8 Å². The molecule has 1 fully saturated rings. The Morgan fingerprint density at radius 3 is 2.56 bits per heavy atom. The lowest BCUT2D eigenvalue weighted by molar-refractivity contribution is -0.137. The Morgan fingerprint density at radius 2 is 1.74 bits per heavy atom. The summed E-state index contributed by atoms with van der Waals surface area (Å²) in [5.41, 5.74) is 2.50. The molecule has 1 amide bonds. The molecule has 0 radical (unpaired) electrons. The topological polar surface area (TPSA) is 88.3 Å². The van der Waals surface area contributed by atoms with Crippen molar-refractivity contribution in [2.24, 2.45) is 0 Å². The first-order chi connectivity index (χ1) is 18.8. The summed E-state index contributed by atoms with van der Waals surface area (Å²) in [6.07, 6.45) is -4.46. The molecule has 0 N–H and O–H groups in total. The Morgan fingerprint density at radius 1 is 0.949 bits per heavy atom. The van der Waals surface area contributed by atoms with Gasteiger partial charge in [-0.2, -0.15) is 18.2 Å². The van der Waals surface area contributed by atoms with E-state index in [0.717, 1.165) is 41.0 Å². The van der Waals surface area contributed by atoms with Crippen molar-refractivity contribution < 1.29 is 22.5 Å². The molecule has 1 aliphatic rings. The van der Waals surface area contributed by atoms with Gasteiger partial charge in [0.1, 0.15) is 5.52 Å². The number of nitrogens with zero attached hydrogens (tertiary/aromatic N) is 6. The molecule has 0 spiro atoms. The third-order valence-corrected chi connectivity index (χ3v) is 7.31. The van der Waals surface area contributed by atoms with E-state index < -0.39 is 11.7 Å². The Labute approximate surface area is 224 Å². The largest absolute Gasteiger partial charge is 0.416 e. The fraction of sp³-hybridized carbons (Fsp3) is 0.222. The smallest absolute Gasteiger partial charge is 0.336 e. The van der Waals surface area contributed by atoms with Gasteiger partial charge in [-0.15, -0.1) is 5.10 Å². The van der Waals surface area contributed by atoms with Gasteiger partial charge in [-0.3, -0.25) is 9.69 Å². The number of fused-ring (bicyclic) bond motifs is 1. The van der Waals surface area contributed by atoms with Crippen LogP contribution in [-0.4, -0.2) is 61.6 Å². The van der Waals surface area contributed by atoms with Crippen LogP contribution >= 0.6 is 11.5 Å². The zero-order chi connectivity index (χ0) is 27.0. The maximum Gasteiger partial charge on any atom is 0.416 e. The Balaban J connectivity index is 1.10. The second-order valence-corrected chi connectivity index (χ2v) is 10.0. The van der Waals surface area contributed by atoms with Gasteiger partial charge in [-0.05, 0) is 59.6 Å². The van der Waals surface area contributed by atoms with Crippen molar-refractivity contribution >= 4 is 27.7 Å². The quantitative estimate of drug-likeness (QED) is 0.290. The molecular formula is C27H21F3N6O2S. The average Bonchev–Trinajstić information content (AvgIpc) is 3.63. The maximum atomic E-state index is 13.1. The summed E-state index contributed by atoms with van der Waals surface area (Å²) in [6.45, 7) is 3.33. The molecule has 3 aromatic carbocycles. The zero-order valence-electron chi connectivity index (χ0n) is 20.4. The number of benzene rings is 3. The normalized spacial score (nSPS) is 14.7. The maximum absolute atomic E-state index is 13.1. The van der Waals surface area contributed by atoms with Crippen molar-refractivity contribution in [3.05, 3.63) is 83.4 Å². The second kappa shape index (κ2) is 10.2. The van der Waals surface area contributed by atoms with Crippen molar-refractivity contribution in [2.75, 3.05) is 26.2 Å². The third-order valence-electron chi connectivity index (χ3n) is 6.61. The third kappa shape index (κ3) is 5.38. The highest BCUT2D eigenvalue weighted by Gasteiger charge is 2.31. The second-order valence-electron chi connectivity index (χ2n) is 9.23. The number of hydrogen-bond acceptors (Lipinski definition) is 8. The van der Waals surface area contributed by atoms with E-state index in [0.29, 0.717) is 36.6 Å². The molecule has 6 rings (SSSR count). The molecule has 0 bridgehead atoms. The molecule has 0 atom stereocenters. The number of piperazine rings is 1. The lowest BCUT2D eigenvalue weighted by Gasteiger charge is -2.34. The molecule has 0 aliphatic carbocycles. The number of aromatic nitrogens is 4. The van der Waals surface area contributed by atoms with Crippen molar-refractivity contribution in [2.45, 2.75) is 12.7 Å². The van der Waals surface area contributed by atoms with Gasteiger partial charge in [0.15, 0.2) is 0 Å². The number of amides is 1. The minimum atomic E-state index is -4.46. The minimum Gasteiger partial charge on any atom is -0.336 e. The van der Waals surface area contributed by atoms with Crippen LogP contribution in [0.25, 0.3) is 33.1 Å². The van der Waals surface area contributed by atoms with Crippen LogP contribution in [0.2, 0.25) is 0 Å². The van der Waals surface area contributed by atoms with Gasteiger partial charge in [0.05, 0.1) is 10.3 Å². The molecule has 5 aromatic rings. The zero-order valence-corrected chi connectivity index (χ0v) is 21.2. The highest BCUT2D eigenvalue weighted by atomic mass is 32.1. The van der Waals surface area contributed by atoms with Crippen molar-refractivity contribution in [3.8, 4) is 22.8 Å². The van der Waals surface area contributed by atoms with Crippen molar-refractivity contribution in [1.82, 2.24) is 29.5 Å². The van der Waals surface area contributed by atoms with E-state index in [4.69, 9.17) is 4.52 Å². The molecule has 3 heterocycles. The first kappa shape index (κ1) is 25.1. The van der Waals surface area contributed by atoms with Crippen LogP contribution < -0.4 is 0 Å². The van der Waals surface area contributed by atoms with Crippen LogP contribution in [0.5, 0.6) is 0 Å². The number of alkyl halides is 3. The van der Waals surface area contributed by atoms with Gasteiger partial charge < -0.3 is 9.42 Å². The van der Waals surface area contributed by atoms with Gasteiger partial charge in [-0.25, -0.2) is 0 Å². The molecule has 0 saturated carbocycles. The molecular weight excluding hydrogens is 529 g/mol. The average molecular weight is 551 g/mol. The summed E-state index contributed by atoms with van der Waals surface area (Å²) in [6, 6.07) is 17.9. The molecule has 39 heavy (non-hydrogen) atoms. The first-order valence-corrected chi connectivity index (χ1v) is 13.0. The van der Waals surface area contributed by atoms with E-state index in [1.807, 2.05) is 41.3 Å². The molecule has 8 nitrogen and oxygen atoms in total. The van der Waals surface area contributed by atoms with Crippen LogP contribution in [-0.2, 0) is 12.7 Å². The van der Waals surface area contributed by atoms with Gasteiger partial charge in [0.2, 0.25) is 5.82 Å².